The Bertz CT molecular complexity index is 1360. The fourth-order valence-electron chi connectivity index (χ4n) is 4.96. The van der Waals surface area contributed by atoms with Crippen molar-refractivity contribution < 1.29 is 14.3 Å². The standard InChI is InChI=1S/C28H30N4O4/c1-20-18-23(33)26(28(34)32(20)19-21-8-7-17-36-21)27(22-9-3-4-10-24(22)35-2)31-15-13-30(14-16-31)25-11-5-6-12-29-25/h3-12,17-18,27,33H,13-16,19H2,1-2H3. The number of pyridine rings is 2. The molecule has 0 spiro atoms. The van der Waals surface area contributed by atoms with E-state index in [0.717, 1.165) is 24.5 Å². The van der Waals surface area contributed by atoms with Gasteiger partial charge in [-0.1, -0.05) is 24.3 Å². The van der Waals surface area contributed by atoms with Crippen LogP contribution >= 0.6 is 0 Å². The first-order valence-corrected chi connectivity index (χ1v) is 12.1. The van der Waals surface area contributed by atoms with Gasteiger partial charge in [0.05, 0.1) is 31.5 Å². The van der Waals surface area contributed by atoms with E-state index in [1.54, 1.807) is 36.3 Å². The summed E-state index contributed by atoms with van der Waals surface area (Å²) in [6.07, 6.45) is 3.39. The number of hydrogen-bond donors (Lipinski definition) is 1. The monoisotopic (exact) mass is 486 g/mol. The van der Waals surface area contributed by atoms with Gasteiger partial charge >= 0.3 is 0 Å². The first-order valence-electron chi connectivity index (χ1n) is 12.1. The van der Waals surface area contributed by atoms with E-state index in [-0.39, 0.29) is 17.9 Å². The third-order valence-corrected chi connectivity index (χ3v) is 6.78. The van der Waals surface area contributed by atoms with E-state index in [9.17, 15) is 9.90 Å². The van der Waals surface area contributed by atoms with Crippen LogP contribution < -0.4 is 15.2 Å². The number of nitrogens with zero attached hydrogens (tertiary/aromatic N) is 4. The van der Waals surface area contributed by atoms with E-state index in [1.165, 1.54) is 0 Å². The van der Waals surface area contributed by atoms with Crippen molar-refractivity contribution in [3.63, 3.8) is 0 Å². The molecule has 1 aliphatic heterocycles. The number of aromatic hydroxyl groups is 1. The Morgan fingerprint density at radius 3 is 2.53 bits per heavy atom. The maximum atomic E-state index is 14.0. The van der Waals surface area contributed by atoms with Crippen LogP contribution in [0.25, 0.3) is 0 Å². The summed E-state index contributed by atoms with van der Waals surface area (Å²) in [5.74, 6) is 2.27. The zero-order chi connectivity index (χ0) is 25.1. The Labute approximate surface area is 210 Å². The van der Waals surface area contributed by atoms with Gasteiger partial charge in [0.15, 0.2) is 0 Å². The van der Waals surface area contributed by atoms with Crippen molar-refractivity contribution in [1.82, 2.24) is 14.5 Å². The number of ether oxygens (including phenoxy) is 1. The molecule has 1 fully saturated rings. The minimum Gasteiger partial charge on any atom is -0.507 e. The van der Waals surface area contributed by atoms with E-state index in [1.807, 2.05) is 55.5 Å². The Balaban J connectivity index is 1.57. The van der Waals surface area contributed by atoms with E-state index in [4.69, 9.17) is 9.15 Å². The topological polar surface area (TPSA) is 84.0 Å². The molecule has 1 aromatic carbocycles. The van der Waals surface area contributed by atoms with Crippen molar-refractivity contribution in [1.29, 1.82) is 0 Å². The van der Waals surface area contributed by atoms with E-state index in [0.29, 0.717) is 35.9 Å². The normalized spacial score (nSPS) is 15.1. The fourth-order valence-corrected chi connectivity index (χ4v) is 4.96. The van der Waals surface area contributed by atoms with Crippen LogP contribution in [0.1, 0.15) is 28.6 Å². The highest BCUT2D eigenvalue weighted by Gasteiger charge is 2.33. The van der Waals surface area contributed by atoms with Gasteiger partial charge in [-0.25, -0.2) is 4.98 Å². The second-order valence-corrected chi connectivity index (χ2v) is 8.91. The van der Waals surface area contributed by atoms with Gasteiger partial charge in [0, 0.05) is 43.6 Å². The van der Waals surface area contributed by atoms with E-state index < -0.39 is 6.04 Å². The molecule has 0 amide bonds. The van der Waals surface area contributed by atoms with Crippen LogP contribution in [0, 0.1) is 6.92 Å². The van der Waals surface area contributed by atoms with Gasteiger partial charge < -0.3 is 23.7 Å². The zero-order valence-corrected chi connectivity index (χ0v) is 20.5. The van der Waals surface area contributed by atoms with Gasteiger partial charge in [0.2, 0.25) is 0 Å². The molecular weight excluding hydrogens is 456 g/mol. The lowest BCUT2D eigenvalue weighted by Gasteiger charge is -2.40. The molecule has 1 atom stereocenters. The Morgan fingerprint density at radius 1 is 1.06 bits per heavy atom. The number of rotatable bonds is 7. The maximum Gasteiger partial charge on any atom is 0.260 e. The van der Waals surface area contributed by atoms with Gasteiger partial charge in [-0.05, 0) is 43.3 Å². The van der Waals surface area contributed by atoms with Crippen LogP contribution in [0.3, 0.4) is 0 Å². The maximum absolute atomic E-state index is 14.0. The lowest BCUT2D eigenvalue weighted by molar-refractivity contribution is 0.203. The summed E-state index contributed by atoms with van der Waals surface area (Å²) in [6, 6.07) is 18.4. The molecule has 0 saturated carbocycles. The van der Waals surface area contributed by atoms with Crippen LogP contribution in [-0.4, -0.2) is 52.8 Å². The molecule has 0 aliphatic carbocycles. The summed E-state index contributed by atoms with van der Waals surface area (Å²) < 4.78 is 12.9. The average molecular weight is 487 g/mol. The third-order valence-electron chi connectivity index (χ3n) is 6.78. The molecular formula is C28H30N4O4. The molecule has 4 heterocycles. The van der Waals surface area contributed by atoms with E-state index >= 15 is 0 Å². The summed E-state index contributed by atoms with van der Waals surface area (Å²) in [4.78, 5) is 22.9. The van der Waals surface area contributed by atoms with Gasteiger partial charge in [0.1, 0.15) is 23.1 Å². The van der Waals surface area contributed by atoms with Crippen molar-refractivity contribution in [3.8, 4) is 11.5 Å². The van der Waals surface area contributed by atoms with Crippen molar-refractivity contribution in [2.75, 3.05) is 38.2 Å². The minimum atomic E-state index is -0.483. The molecule has 0 radical (unpaired) electrons. The fraction of sp³-hybridized carbons (Fsp3) is 0.286. The van der Waals surface area contributed by atoms with Crippen LogP contribution in [0.15, 0.2) is 82.3 Å². The Kier molecular flexibility index (Phi) is 6.77. The van der Waals surface area contributed by atoms with Gasteiger partial charge in [0.25, 0.3) is 5.56 Å². The van der Waals surface area contributed by atoms with Crippen molar-refractivity contribution in [2.45, 2.75) is 19.5 Å². The number of anilines is 1. The summed E-state index contributed by atoms with van der Waals surface area (Å²) in [5, 5.41) is 11.2. The molecule has 0 bridgehead atoms. The summed E-state index contributed by atoms with van der Waals surface area (Å²) >= 11 is 0. The Morgan fingerprint density at radius 2 is 1.83 bits per heavy atom. The number of furan rings is 1. The van der Waals surface area contributed by atoms with E-state index in [2.05, 4.69) is 14.8 Å². The SMILES string of the molecule is COc1ccccc1C(c1c(O)cc(C)n(Cc2ccco2)c1=O)N1CCN(c2ccccn2)CC1. The summed E-state index contributed by atoms with van der Waals surface area (Å²) in [6.45, 7) is 4.97. The van der Waals surface area contributed by atoms with Crippen LogP contribution in [0.2, 0.25) is 0 Å². The molecule has 8 nitrogen and oxygen atoms in total. The second-order valence-electron chi connectivity index (χ2n) is 8.91. The molecule has 8 heteroatoms. The number of aryl methyl sites for hydroxylation is 1. The number of piperazine rings is 1. The molecule has 5 rings (SSSR count). The lowest BCUT2D eigenvalue weighted by Crippen LogP contribution is -2.49. The highest BCUT2D eigenvalue weighted by Crippen LogP contribution is 2.38. The second kappa shape index (κ2) is 10.3. The van der Waals surface area contributed by atoms with Crippen molar-refractivity contribution >= 4 is 5.82 Å². The number of methoxy groups -OCH3 is 1. The minimum absolute atomic E-state index is 0.0174. The largest absolute Gasteiger partial charge is 0.507 e. The molecule has 36 heavy (non-hydrogen) atoms. The molecule has 186 valence electrons. The van der Waals surface area contributed by atoms with Gasteiger partial charge in [-0.3, -0.25) is 9.69 Å². The molecule has 1 saturated heterocycles. The highest BCUT2D eigenvalue weighted by atomic mass is 16.5. The molecule has 4 aromatic rings. The highest BCUT2D eigenvalue weighted by molar-refractivity contribution is 5.47. The van der Waals surface area contributed by atoms with Gasteiger partial charge in [-0.2, -0.15) is 0 Å². The van der Waals surface area contributed by atoms with Crippen LogP contribution in [-0.2, 0) is 6.54 Å². The molecule has 3 aromatic heterocycles. The predicted molar refractivity (Wildman–Crippen MR) is 138 cm³/mol. The number of aromatic nitrogens is 2. The Hall–Kier alpha value is -4.04. The molecule has 1 unspecified atom stereocenters. The number of hydrogen-bond acceptors (Lipinski definition) is 7. The van der Waals surface area contributed by atoms with Crippen molar-refractivity contribution in [2.24, 2.45) is 0 Å². The first kappa shape index (κ1) is 23.7. The first-order chi connectivity index (χ1) is 17.6. The molecule has 1 aliphatic rings. The lowest BCUT2D eigenvalue weighted by atomic mass is 9.95. The average Bonchev–Trinajstić information content (AvgIpc) is 3.43. The predicted octanol–water partition coefficient (Wildman–Crippen LogP) is 3.82. The summed E-state index contributed by atoms with van der Waals surface area (Å²) in [7, 11) is 1.62. The number of benzene rings is 1. The molecule has 1 N–H and O–H groups in total. The van der Waals surface area contributed by atoms with Crippen LogP contribution in [0.5, 0.6) is 11.5 Å². The number of para-hydroxylation sites is 1. The van der Waals surface area contributed by atoms with Crippen molar-refractivity contribution in [3.05, 3.63) is 106 Å². The third kappa shape index (κ3) is 4.59. The van der Waals surface area contributed by atoms with Crippen LogP contribution in [0.4, 0.5) is 5.82 Å². The smallest absolute Gasteiger partial charge is 0.260 e. The summed E-state index contributed by atoms with van der Waals surface area (Å²) in [5.41, 5.74) is 1.60. The van der Waals surface area contributed by atoms with Gasteiger partial charge in [-0.15, -0.1) is 0 Å². The quantitative estimate of drug-likeness (QED) is 0.425. The zero-order valence-electron chi connectivity index (χ0n) is 20.5.